The predicted octanol–water partition coefficient (Wildman–Crippen LogP) is 3.31. The highest BCUT2D eigenvalue weighted by atomic mass is 16.3. The summed E-state index contributed by atoms with van der Waals surface area (Å²) in [6.45, 7) is 11.0. The summed E-state index contributed by atoms with van der Waals surface area (Å²) in [5, 5.41) is 16.2. The van der Waals surface area contributed by atoms with E-state index in [9.17, 15) is 5.11 Å². The molecule has 0 saturated carbocycles. The summed E-state index contributed by atoms with van der Waals surface area (Å²) in [7, 11) is 0. The van der Waals surface area contributed by atoms with Gasteiger partial charge in [-0.1, -0.05) is 38.1 Å². The zero-order valence-electron chi connectivity index (χ0n) is 17.2. The maximum Gasteiger partial charge on any atom is 0.191 e. The summed E-state index contributed by atoms with van der Waals surface area (Å²) in [5.74, 6) is 0.842. The van der Waals surface area contributed by atoms with Crippen molar-refractivity contribution in [2.24, 2.45) is 10.4 Å². The normalized spacial score (nSPS) is 14.7. The molecule has 0 aliphatic carbocycles. The van der Waals surface area contributed by atoms with Crippen LogP contribution in [0.5, 0.6) is 0 Å². The van der Waals surface area contributed by atoms with Crippen LogP contribution < -0.4 is 15.5 Å². The van der Waals surface area contributed by atoms with Crippen molar-refractivity contribution in [2.75, 3.05) is 37.7 Å². The Morgan fingerprint density at radius 2 is 1.74 bits per heavy atom. The van der Waals surface area contributed by atoms with Crippen LogP contribution in [0, 0.1) is 5.41 Å². The summed E-state index contributed by atoms with van der Waals surface area (Å²) in [6, 6.07) is 8.68. The molecule has 150 valence electrons. The highest BCUT2D eigenvalue weighted by Crippen LogP contribution is 2.29. The van der Waals surface area contributed by atoms with Crippen LogP contribution in [0.1, 0.15) is 45.6 Å². The average molecular weight is 373 g/mol. The van der Waals surface area contributed by atoms with Crippen molar-refractivity contribution in [3.63, 3.8) is 0 Å². The third-order valence-corrected chi connectivity index (χ3v) is 5.66. The van der Waals surface area contributed by atoms with Gasteiger partial charge in [0.1, 0.15) is 0 Å². The number of hydrogen-bond donors (Lipinski definition) is 3. The molecule has 1 heterocycles. The molecule has 0 unspecified atom stereocenters. The monoisotopic (exact) mass is 372 g/mol. The van der Waals surface area contributed by atoms with E-state index in [1.807, 2.05) is 0 Å². The lowest BCUT2D eigenvalue weighted by molar-refractivity contribution is 0.169. The second-order valence-electron chi connectivity index (χ2n) is 7.27. The minimum absolute atomic E-state index is 0.121. The zero-order chi connectivity index (χ0) is 19.5. The van der Waals surface area contributed by atoms with Gasteiger partial charge < -0.3 is 20.6 Å². The molecule has 0 aromatic heterocycles. The Labute approximate surface area is 164 Å². The number of aliphatic imine (C=N–C) groups is 1. The Morgan fingerprint density at radius 3 is 2.30 bits per heavy atom. The SMILES string of the molecule is CCNC(=NCc1ccc(N2CC=CC2)cc1)NCC(CC)(CC)CCO. The number of benzene rings is 1. The van der Waals surface area contributed by atoms with E-state index in [2.05, 4.69) is 72.7 Å². The van der Waals surface area contributed by atoms with Gasteiger partial charge >= 0.3 is 0 Å². The summed E-state index contributed by atoms with van der Waals surface area (Å²) in [6.07, 6.45) is 7.32. The summed E-state index contributed by atoms with van der Waals surface area (Å²) in [4.78, 5) is 7.09. The van der Waals surface area contributed by atoms with Crippen LogP contribution >= 0.6 is 0 Å². The van der Waals surface area contributed by atoms with Gasteiger partial charge in [0, 0.05) is 38.5 Å². The summed E-state index contributed by atoms with van der Waals surface area (Å²) in [5.41, 5.74) is 2.59. The van der Waals surface area contributed by atoms with Crippen LogP contribution in [0.25, 0.3) is 0 Å². The first-order valence-electron chi connectivity index (χ1n) is 10.3. The Bertz CT molecular complexity index is 597. The molecular formula is C22H36N4O. The van der Waals surface area contributed by atoms with Gasteiger partial charge in [0.2, 0.25) is 0 Å². The molecule has 5 heteroatoms. The van der Waals surface area contributed by atoms with Gasteiger partial charge in [0.25, 0.3) is 0 Å². The van der Waals surface area contributed by atoms with Gasteiger partial charge in [-0.2, -0.15) is 0 Å². The molecular weight excluding hydrogens is 336 g/mol. The topological polar surface area (TPSA) is 59.9 Å². The van der Waals surface area contributed by atoms with Crippen LogP contribution in [0.3, 0.4) is 0 Å². The third-order valence-electron chi connectivity index (χ3n) is 5.66. The van der Waals surface area contributed by atoms with Crippen LogP contribution in [-0.4, -0.2) is 43.9 Å². The van der Waals surface area contributed by atoms with E-state index in [1.54, 1.807) is 0 Å². The first-order chi connectivity index (χ1) is 13.2. The number of nitrogens with zero attached hydrogens (tertiary/aromatic N) is 2. The van der Waals surface area contributed by atoms with Crippen molar-refractivity contribution in [2.45, 2.75) is 46.6 Å². The first kappa shape index (κ1) is 21.3. The highest BCUT2D eigenvalue weighted by Gasteiger charge is 2.25. The fourth-order valence-corrected chi connectivity index (χ4v) is 3.46. The minimum Gasteiger partial charge on any atom is -0.396 e. The van der Waals surface area contributed by atoms with Crippen molar-refractivity contribution < 1.29 is 5.11 Å². The molecule has 0 atom stereocenters. The van der Waals surface area contributed by atoms with E-state index >= 15 is 0 Å². The number of nitrogens with one attached hydrogen (secondary N) is 2. The Hall–Kier alpha value is -2.01. The maximum atomic E-state index is 9.40. The zero-order valence-corrected chi connectivity index (χ0v) is 17.2. The van der Waals surface area contributed by atoms with Crippen molar-refractivity contribution in [3.05, 3.63) is 42.0 Å². The van der Waals surface area contributed by atoms with Crippen LogP contribution in [0.4, 0.5) is 5.69 Å². The Kier molecular flexibility index (Phi) is 8.65. The van der Waals surface area contributed by atoms with E-state index in [-0.39, 0.29) is 12.0 Å². The Balaban J connectivity index is 1.95. The lowest BCUT2D eigenvalue weighted by Crippen LogP contribution is -2.43. The molecule has 1 aromatic rings. The third kappa shape index (κ3) is 6.28. The number of aliphatic hydroxyl groups excluding tert-OH is 1. The Morgan fingerprint density at radius 1 is 1.07 bits per heavy atom. The van der Waals surface area contributed by atoms with E-state index in [4.69, 9.17) is 4.99 Å². The molecule has 27 heavy (non-hydrogen) atoms. The van der Waals surface area contributed by atoms with Gasteiger partial charge in [0.15, 0.2) is 5.96 Å². The molecule has 0 spiro atoms. The van der Waals surface area contributed by atoms with Gasteiger partial charge in [0.05, 0.1) is 6.54 Å². The largest absolute Gasteiger partial charge is 0.396 e. The molecule has 1 aromatic carbocycles. The van der Waals surface area contributed by atoms with Gasteiger partial charge in [-0.25, -0.2) is 4.99 Å². The molecule has 1 aliphatic rings. The van der Waals surface area contributed by atoms with Gasteiger partial charge in [-0.15, -0.1) is 0 Å². The van der Waals surface area contributed by atoms with Crippen molar-refractivity contribution in [1.82, 2.24) is 10.6 Å². The van der Waals surface area contributed by atoms with Crippen LogP contribution in [0.15, 0.2) is 41.4 Å². The fourth-order valence-electron chi connectivity index (χ4n) is 3.46. The first-order valence-corrected chi connectivity index (χ1v) is 10.3. The molecule has 0 saturated heterocycles. The number of aliphatic hydroxyl groups is 1. The molecule has 0 amide bonds. The lowest BCUT2D eigenvalue weighted by Gasteiger charge is -2.32. The summed E-state index contributed by atoms with van der Waals surface area (Å²) >= 11 is 0. The van der Waals surface area contributed by atoms with E-state index in [0.717, 1.165) is 51.4 Å². The number of guanidine groups is 1. The number of anilines is 1. The second kappa shape index (κ2) is 11.0. The van der Waals surface area contributed by atoms with Gasteiger partial charge in [-0.3, -0.25) is 0 Å². The maximum absolute atomic E-state index is 9.40. The molecule has 0 fully saturated rings. The molecule has 0 bridgehead atoms. The quantitative estimate of drug-likeness (QED) is 0.335. The van der Waals surface area contributed by atoms with Crippen molar-refractivity contribution >= 4 is 11.6 Å². The molecule has 1 aliphatic heterocycles. The van der Waals surface area contributed by atoms with Gasteiger partial charge in [-0.05, 0) is 49.3 Å². The predicted molar refractivity (Wildman–Crippen MR) is 115 cm³/mol. The fraction of sp³-hybridized carbons (Fsp3) is 0.591. The molecule has 5 nitrogen and oxygen atoms in total. The van der Waals surface area contributed by atoms with E-state index in [1.165, 1.54) is 11.3 Å². The van der Waals surface area contributed by atoms with Crippen molar-refractivity contribution in [1.29, 1.82) is 0 Å². The van der Waals surface area contributed by atoms with E-state index in [0.29, 0.717) is 6.54 Å². The summed E-state index contributed by atoms with van der Waals surface area (Å²) < 4.78 is 0. The van der Waals surface area contributed by atoms with Crippen LogP contribution in [0.2, 0.25) is 0 Å². The number of hydrogen-bond acceptors (Lipinski definition) is 3. The van der Waals surface area contributed by atoms with E-state index < -0.39 is 0 Å². The average Bonchev–Trinajstić information content (AvgIpc) is 3.24. The van der Waals surface area contributed by atoms with Crippen molar-refractivity contribution in [3.8, 4) is 0 Å². The second-order valence-corrected chi connectivity index (χ2v) is 7.27. The molecule has 0 radical (unpaired) electrons. The number of rotatable bonds is 10. The van der Waals surface area contributed by atoms with Crippen LogP contribution in [-0.2, 0) is 6.54 Å². The minimum atomic E-state index is 0.121. The smallest absolute Gasteiger partial charge is 0.191 e. The standard InChI is InChI=1S/C22H36N4O/c1-4-22(5-2,13-16-27)18-25-21(23-6-3)24-17-19-9-11-20(12-10-19)26-14-7-8-15-26/h7-12,27H,4-6,13-18H2,1-3H3,(H2,23,24,25). The lowest BCUT2D eigenvalue weighted by atomic mass is 9.79. The molecule has 2 rings (SSSR count). The molecule has 3 N–H and O–H groups in total. The highest BCUT2D eigenvalue weighted by molar-refractivity contribution is 5.79.